The molecule has 0 fully saturated rings. The van der Waals surface area contributed by atoms with Crippen LogP contribution in [-0.4, -0.2) is 54.2 Å². The lowest BCUT2D eigenvalue weighted by Gasteiger charge is -2.20. The topological polar surface area (TPSA) is 86.2 Å². The van der Waals surface area contributed by atoms with Gasteiger partial charge in [0.25, 0.3) is 5.91 Å². The van der Waals surface area contributed by atoms with Gasteiger partial charge in [-0.05, 0) is 63.0 Å². The van der Waals surface area contributed by atoms with E-state index in [0.717, 1.165) is 10.6 Å². The highest BCUT2D eigenvalue weighted by Crippen LogP contribution is 2.23. The number of anilines is 1. The van der Waals surface area contributed by atoms with Crippen LogP contribution in [0, 0.1) is 19.8 Å². The molecule has 0 aliphatic rings. The average Bonchev–Trinajstić information content (AvgIpc) is 2.71. The number of carbonyl (C=O) groups is 2. The number of hydrazone groups is 1. The molecule has 0 aliphatic carbocycles. The molecule has 192 valence electrons. The Hall–Kier alpha value is -3.43. The minimum atomic E-state index is -4.74. The van der Waals surface area contributed by atoms with Crippen LogP contribution in [0.3, 0.4) is 0 Å². The predicted molar refractivity (Wildman–Crippen MR) is 135 cm³/mol. The second-order valence-electron chi connectivity index (χ2n) is 8.63. The number of nitrogens with one attached hydrogen (secondary N) is 2. The number of benzene rings is 1. The molecule has 0 unspecified atom stereocenters. The Morgan fingerprint density at radius 3 is 2.37 bits per heavy atom. The lowest BCUT2D eigenvalue weighted by atomic mass is 10.0. The van der Waals surface area contributed by atoms with Gasteiger partial charge in [-0.2, -0.15) is 18.3 Å². The Kier molecular flexibility index (Phi) is 11.4. The second-order valence-corrected chi connectivity index (χ2v) is 8.63. The highest BCUT2D eigenvalue weighted by Gasteiger charge is 2.34. The van der Waals surface area contributed by atoms with E-state index in [-0.39, 0.29) is 35.8 Å². The van der Waals surface area contributed by atoms with Gasteiger partial charge in [0.1, 0.15) is 13.2 Å². The first kappa shape index (κ1) is 29.6. The van der Waals surface area contributed by atoms with Crippen LogP contribution in [0.4, 0.5) is 18.9 Å². The van der Waals surface area contributed by atoms with Crippen LogP contribution >= 0.6 is 0 Å². The largest absolute Gasteiger partial charge is 0.435 e. The molecule has 10 heteroatoms. The summed E-state index contributed by atoms with van der Waals surface area (Å²) in [6.45, 7) is 13.4. The van der Waals surface area contributed by atoms with Gasteiger partial charge in [-0.1, -0.05) is 32.6 Å². The fraction of sp³-hybridized carbons (Fsp3) is 0.440. The van der Waals surface area contributed by atoms with Crippen LogP contribution < -0.4 is 10.6 Å². The van der Waals surface area contributed by atoms with E-state index >= 15 is 0 Å². The number of amides is 2. The molecular weight excluding hydrogens is 459 g/mol. The van der Waals surface area contributed by atoms with Crippen LogP contribution in [0.1, 0.15) is 49.2 Å². The first-order chi connectivity index (χ1) is 16.2. The van der Waals surface area contributed by atoms with Crippen molar-refractivity contribution in [2.24, 2.45) is 16.0 Å². The molecular formula is C25H34F3N5O2. The van der Waals surface area contributed by atoms with Crippen LogP contribution in [0.25, 0.3) is 0 Å². The van der Waals surface area contributed by atoms with Gasteiger partial charge in [0, 0.05) is 12.3 Å². The van der Waals surface area contributed by atoms with E-state index in [1.165, 1.54) is 6.21 Å². The number of aliphatic imine (C=N–C) groups is 1. The molecule has 2 N–H and O–H groups in total. The zero-order chi connectivity index (χ0) is 26.8. The van der Waals surface area contributed by atoms with Crippen LogP contribution in [-0.2, 0) is 4.79 Å². The van der Waals surface area contributed by atoms with Crippen molar-refractivity contribution in [3.05, 3.63) is 53.6 Å². The van der Waals surface area contributed by atoms with Crippen LogP contribution in [0.2, 0.25) is 0 Å². The number of nitrogens with zero attached hydrogens (tertiary/aromatic N) is 3. The maximum absolute atomic E-state index is 13.2. The van der Waals surface area contributed by atoms with E-state index in [4.69, 9.17) is 0 Å². The average molecular weight is 494 g/mol. The number of aryl methyl sites for hydroxylation is 2. The molecule has 1 aromatic rings. The molecule has 0 spiro atoms. The molecule has 0 aromatic heterocycles. The SMILES string of the molecule is C=C/C(=N\N(C/N=C\C=C/C(C)C)CC(=O)Nc1c(C)cc(C)cc1C(=O)NC(C)C)C(F)(F)F. The normalized spacial score (nSPS) is 12.6. The van der Waals surface area contributed by atoms with Gasteiger partial charge in [0.2, 0.25) is 5.91 Å². The van der Waals surface area contributed by atoms with Crippen molar-refractivity contribution in [3.63, 3.8) is 0 Å². The van der Waals surface area contributed by atoms with Gasteiger partial charge in [0.15, 0.2) is 5.71 Å². The number of rotatable bonds is 11. The third kappa shape index (κ3) is 10.6. The van der Waals surface area contributed by atoms with Gasteiger partial charge in [-0.25, -0.2) is 0 Å². The summed E-state index contributed by atoms with van der Waals surface area (Å²) in [4.78, 5) is 29.5. The van der Waals surface area contributed by atoms with Crippen LogP contribution in [0.15, 0.2) is 47.0 Å². The Bertz CT molecular complexity index is 996. The van der Waals surface area contributed by atoms with E-state index in [9.17, 15) is 22.8 Å². The van der Waals surface area contributed by atoms with E-state index in [0.29, 0.717) is 11.6 Å². The summed E-state index contributed by atoms with van der Waals surface area (Å²) in [7, 11) is 0. The van der Waals surface area contributed by atoms with Crippen molar-refractivity contribution >= 4 is 29.4 Å². The van der Waals surface area contributed by atoms with Gasteiger partial charge in [0.05, 0.1) is 11.3 Å². The number of allylic oxidation sites excluding steroid dienone is 3. The van der Waals surface area contributed by atoms with Gasteiger partial charge >= 0.3 is 6.18 Å². The van der Waals surface area contributed by atoms with Crippen molar-refractivity contribution < 1.29 is 22.8 Å². The molecule has 2 amide bonds. The summed E-state index contributed by atoms with van der Waals surface area (Å²) in [6, 6.07) is 3.31. The number of halogens is 3. The minimum absolute atomic E-state index is 0.126. The maximum atomic E-state index is 13.2. The fourth-order valence-corrected chi connectivity index (χ4v) is 2.95. The molecule has 35 heavy (non-hydrogen) atoms. The second kappa shape index (κ2) is 13.5. The molecule has 0 radical (unpaired) electrons. The lowest BCUT2D eigenvalue weighted by molar-refractivity contribution is -0.117. The molecule has 0 saturated carbocycles. The molecule has 0 aliphatic heterocycles. The molecule has 7 nitrogen and oxygen atoms in total. The standard InChI is InChI=1S/C25H34F3N5O2/c1-8-21(25(26,27)28)32-33(15-29-11-9-10-16(2)3)14-22(34)31-23-19(7)12-18(6)13-20(23)24(35)30-17(4)5/h8-13,16-17H,1,14-15H2,2-7H3,(H,30,35)(H,31,34)/b10-9-,29-11-,32-21+. The Balaban J connectivity index is 3.21. The summed E-state index contributed by atoms with van der Waals surface area (Å²) in [5, 5.41) is 9.86. The number of carbonyl (C=O) groups excluding carboxylic acids is 2. The van der Waals surface area contributed by atoms with Crippen molar-refractivity contribution in [2.75, 3.05) is 18.5 Å². The van der Waals surface area contributed by atoms with Crippen LogP contribution in [0.5, 0.6) is 0 Å². The van der Waals surface area contributed by atoms with E-state index in [2.05, 4.69) is 27.3 Å². The summed E-state index contributed by atoms with van der Waals surface area (Å²) in [6.07, 6.45) is 0.790. The zero-order valence-electron chi connectivity index (χ0n) is 21.0. The number of hydrogen-bond acceptors (Lipinski definition) is 5. The summed E-state index contributed by atoms with van der Waals surface area (Å²) < 4.78 is 39.6. The van der Waals surface area contributed by atoms with Gasteiger partial charge in [-0.15, -0.1) is 0 Å². The molecule has 0 atom stereocenters. The van der Waals surface area contributed by atoms with Crippen molar-refractivity contribution in [2.45, 2.75) is 53.8 Å². The quantitative estimate of drug-likeness (QED) is 0.335. The predicted octanol–water partition coefficient (Wildman–Crippen LogP) is 5.03. The summed E-state index contributed by atoms with van der Waals surface area (Å²) >= 11 is 0. The van der Waals surface area contributed by atoms with E-state index < -0.39 is 24.3 Å². The first-order valence-corrected chi connectivity index (χ1v) is 11.2. The molecule has 0 bridgehead atoms. The zero-order valence-corrected chi connectivity index (χ0v) is 21.0. The lowest BCUT2D eigenvalue weighted by Crippen LogP contribution is -2.34. The summed E-state index contributed by atoms with van der Waals surface area (Å²) in [5.41, 5.74) is 0.762. The Morgan fingerprint density at radius 1 is 1.17 bits per heavy atom. The van der Waals surface area contributed by atoms with Crippen molar-refractivity contribution in [3.8, 4) is 0 Å². The monoisotopic (exact) mass is 493 g/mol. The minimum Gasteiger partial charge on any atom is -0.350 e. The fourth-order valence-electron chi connectivity index (χ4n) is 2.95. The van der Waals surface area contributed by atoms with Gasteiger partial charge in [-0.3, -0.25) is 19.6 Å². The Labute approximate surface area is 204 Å². The maximum Gasteiger partial charge on any atom is 0.435 e. The summed E-state index contributed by atoms with van der Waals surface area (Å²) in [5.74, 6) is -0.749. The smallest absolute Gasteiger partial charge is 0.350 e. The third-order valence-electron chi connectivity index (χ3n) is 4.40. The van der Waals surface area contributed by atoms with Gasteiger partial charge < -0.3 is 10.6 Å². The molecule has 1 rings (SSSR count). The van der Waals surface area contributed by atoms with E-state index in [1.54, 1.807) is 25.1 Å². The third-order valence-corrected chi connectivity index (χ3v) is 4.40. The molecule has 0 saturated heterocycles. The number of hydrogen-bond donors (Lipinski definition) is 2. The first-order valence-electron chi connectivity index (χ1n) is 11.2. The van der Waals surface area contributed by atoms with Crippen molar-refractivity contribution in [1.82, 2.24) is 10.3 Å². The van der Waals surface area contributed by atoms with Crippen molar-refractivity contribution in [1.29, 1.82) is 0 Å². The van der Waals surface area contributed by atoms with E-state index in [1.807, 2.05) is 40.7 Å². The highest BCUT2D eigenvalue weighted by molar-refractivity contribution is 6.05. The Morgan fingerprint density at radius 2 is 1.83 bits per heavy atom. The number of alkyl halides is 3. The molecule has 1 aromatic carbocycles. The highest BCUT2D eigenvalue weighted by atomic mass is 19.4. The molecule has 0 heterocycles.